The zero-order chi connectivity index (χ0) is 21.3. The van der Waals surface area contributed by atoms with E-state index in [1.165, 1.54) is 19.2 Å². The van der Waals surface area contributed by atoms with Crippen molar-refractivity contribution in [3.05, 3.63) is 95.3 Å². The summed E-state index contributed by atoms with van der Waals surface area (Å²) in [6, 6.07) is 20.0. The van der Waals surface area contributed by atoms with Crippen molar-refractivity contribution >= 4 is 23.7 Å². The summed E-state index contributed by atoms with van der Waals surface area (Å²) >= 11 is 0. The zero-order valence-electron chi connectivity index (χ0n) is 16.3. The molecular weight excluding hydrogens is 385 g/mol. The van der Waals surface area contributed by atoms with E-state index in [0.29, 0.717) is 28.1 Å². The van der Waals surface area contributed by atoms with Gasteiger partial charge in [-0.25, -0.2) is 9.82 Å². The molecule has 0 aromatic heterocycles. The van der Waals surface area contributed by atoms with Gasteiger partial charge in [-0.3, -0.25) is 9.59 Å². The minimum Gasteiger partial charge on any atom is -0.488 e. The van der Waals surface area contributed by atoms with Crippen molar-refractivity contribution in [1.29, 1.82) is 0 Å². The third-order valence-corrected chi connectivity index (χ3v) is 4.07. The maximum absolute atomic E-state index is 13.8. The number of hydrogen-bond acceptors (Lipinski definition) is 4. The molecule has 30 heavy (non-hydrogen) atoms. The maximum Gasteiger partial charge on any atom is 0.271 e. The first-order valence-electron chi connectivity index (χ1n) is 9.19. The first-order valence-corrected chi connectivity index (χ1v) is 9.19. The lowest BCUT2D eigenvalue weighted by Crippen LogP contribution is -2.18. The number of para-hydroxylation sites is 1. The van der Waals surface area contributed by atoms with Crippen LogP contribution in [0.4, 0.5) is 10.1 Å². The Balaban J connectivity index is 1.64. The topological polar surface area (TPSA) is 79.8 Å². The number of nitrogens with zero attached hydrogens (tertiary/aromatic N) is 1. The van der Waals surface area contributed by atoms with Crippen LogP contribution in [0.1, 0.15) is 28.4 Å². The van der Waals surface area contributed by atoms with Crippen molar-refractivity contribution in [3.63, 3.8) is 0 Å². The molecule has 0 aliphatic rings. The summed E-state index contributed by atoms with van der Waals surface area (Å²) in [4.78, 5) is 23.4. The summed E-state index contributed by atoms with van der Waals surface area (Å²) in [6.07, 6.45) is 1.45. The fraction of sp³-hybridized carbons (Fsp3) is 0.0870. The van der Waals surface area contributed by atoms with Crippen molar-refractivity contribution < 1.29 is 18.7 Å². The van der Waals surface area contributed by atoms with Gasteiger partial charge < -0.3 is 10.1 Å². The van der Waals surface area contributed by atoms with Crippen LogP contribution >= 0.6 is 0 Å². The fourth-order valence-corrected chi connectivity index (χ4v) is 2.66. The highest BCUT2D eigenvalue weighted by Gasteiger charge is 2.07. The van der Waals surface area contributed by atoms with Crippen LogP contribution in [0.3, 0.4) is 0 Å². The van der Waals surface area contributed by atoms with Gasteiger partial charge in [0.1, 0.15) is 18.2 Å². The van der Waals surface area contributed by atoms with Gasteiger partial charge in [0.2, 0.25) is 5.91 Å². The Kier molecular flexibility index (Phi) is 6.89. The van der Waals surface area contributed by atoms with E-state index in [4.69, 9.17) is 4.74 Å². The molecule has 0 fully saturated rings. The molecule has 0 atom stereocenters. The number of carbonyl (C=O) groups is 2. The van der Waals surface area contributed by atoms with Crippen LogP contribution in [-0.4, -0.2) is 18.0 Å². The molecule has 0 unspecified atom stereocenters. The van der Waals surface area contributed by atoms with Gasteiger partial charge in [-0.15, -0.1) is 0 Å². The second-order valence-electron chi connectivity index (χ2n) is 6.38. The zero-order valence-corrected chi connectivity index (χ0v) is 16.3. The van der Waals surface area contributed by atoms with E-state index < -0.39 is 5.91 Å². The normalized spacial score (nSPS) is 10.6. The van der Waals surface area contributed by atoms with E-state index in [1.807, 2.05) is 0 Å². The molecule has 0 saturated carbocycles. The average Bonchev–Trinajstić information content (AvgIpc) is 2.73. The molecule has 0 heterocycles. The summed E-state index contributed by atoms with van der Waals surface area (Å²) < 4.78 is 19.5. The number of hydrogen-bond donors (Lipinski definition) is 2. The van der Waals surface area contributed by atoms with Crippen molar-refractivity contribution in [2.24, 2.45) is 5.10 Å². The Morgan fingerprint density at radius 1 is 1.03 bits per heavy atom. The smallest absolute Gasteiger partial charge is 0.271 e. The first kappa shape index (κ1) is 20.7. The van der Waals surface area contributed by atoms with Crippen LogP contribution in [-0.2, 0) is 11.4 Å². The second-order valence-corrected chi connectivity index (χ2v) is 6.38. The van der Waals surface area contributed by atoms with Crippen LogP contribution in [0.2, 0.25) is 0 Å². The molecule has 0 spiro atoms. The number of benzene rings is 3. The molecule has 2 N–H and O–H groups in total. The Morgan fingerprint density at radius 3 is 2.60 bits per heavy atom. The number of rotatable bonds is 7. The molecule has 7 heteroatoms. The molecule has 0 aliphatic heterocycles. The van der Waals surface area contributed by atoms with E-state index in [1.54, 1.807) is 66.7 Å². The second kappa shape index (κ2) is 9.97. The lowest BCUT2D eigenvalue weighted by atomic mass is 10.2. The molecule has 2 amide bonds. The van der Waals surface area contributed by atoms with Crippen LogP contribution in [0.5, 0.6) is 5.75 Å². The third kappa shape index (κ3) is 5.75. The number of amides is 2. The van der Waals surface area contributed by atoms with E-state index in [0.717, 1.165) is 0 Å². The van der Waals surface area contributed by atoms with Gasteiger partial charge in [0.15, 0.2) is 0 Å². The Bertz CT molecular complexity index is 1080. The van der Waals surface area contributed by atoms with Gasteiger partial charge >= 0.3 is 0 Å². The molecule has 3 aromatic carbocycles. The summed E-state index contributed by atoms with van der Waals surface area (Å²) in [5, 5.41) is 6.60. The quantitative estimate of drug-likeness (QED) is 0.458. The summed E-state index contributed by atoms with van der Waals surface area (Å²) in [5.41, 5.74) is 4.38. The Hall–Kier alpha value is -4.00. The first-order chi connectivity index (χ1) is 14.5. The number of hydrazone groups is 1. The van der Waals surface area contributed by atoms with Crippen LogP contribution in [0.25, 0.3) is 0 Å². The number of nitrogens with one attached hydrogen (secondary N) is 2. The van der Waals surface area contributed by atoms with Crippen molar-refractivity contribution in [2.75, 3.05) is 5.32 Å². The molecule has 0 bridgehead atoms. The predicted octanol–water partition coefficient (Wildman–Crippen LogP) is 4.13. The molecule has 3 aromatic rings. The lowest BCUT2D eigenvalue weighted by molar-refractivity contribution is -0.114. The predicted molar refractivity (Wildman–Crippen MR) is 113 cm³/mol. The Morgan fingerprint density at radius 2 is 1.80 bits per heavy atom. The van der Waals surface area contributed by atoms with Gasteiger partial charge in [0.25, 0.3) is 5.91 Å². The largest absolute Gasteiger partial charge is 0.488 e. The molecule has 0 saturated heterocycles. The van der Waals surface area contributed by atoms with Crippen LogP contribution in [0, 0.1) is 5.82 Å². The van der Waals surface area contributed by atoms with E-state index in [2.05, 4.69) is 15.8 Å². The van der Waals surface area contributed by atoms with Gasteiger partial charge in [0.05, 0.1) is 6.21 Å². The molecule has 0 radical (unpaired) electrons. The van der Waals surface area contributed by atoms with E-state index in [-0.39, 0.29) is 18.3 Å². The van der Waals surface area contributed by atoms with Gasteiger partial charge in [-0.05, 0) is 36.4 Å². The molecule has 6 nitrogen and oxygen atoms in total. The maximum atomic E-state index is 13.8. The summed E-state index contributed by atoms with van der Waals surface area (Å²) in [5.74, 6) is -0.482. The highest BCUT2D eigenvalue weighted by molar-refractivity contribution is 5.97. The van der Waals surface area contributed by atoms with E-state index in [9.17, 15) is 14.0 Å². The highest BCUT2D eigenvalue weighted by Crippen LogP contribution is 2.18. The van der Waals surface area contributed by atoms with Crippen LogP contribution < -0.4 is 15.5 Å². The van der Waals surface area contributed by atoms with Crippen LogP contribution in [0.15, 0.2) is 77.9 Å². The molecular formula is C23H20FN3O3. The van der Waals surface area contributed by atoms with Crippen molar-refractivity contribution in [2.45, 2.75) is 13.5 Å². The van der Waals surface area contributed by atoms with Crippen molar-refractivity contribution in [3.8, 4) is 5.75 Å². The standard InChI is InChI=1S/C23H20FN3O3/c1-16(28)26-20-10-6-9-17(13-20)23(29)27-25-14-18-7-3-5-12-22(18)30-15-19-8-2-4-11-21(19)24/h2-14H,15H2,1H3,(H,26,28)(H,27,29)/b25-14-. The van der Waals surface area contributed by atoms with Gasteiger partial charge in [-0.1, -0.05) is 36.4 Å². The van der Waals surface area contributed by atoms with Crippen molar-refractivity contribution in [1.82, 2.24) is 5.43 Å². The molecule has 0 aliphatic carbocycles. The van der Waals surface area contributed by atoms with E-state index >= 15 is 0 Å². The highest BCUT2D eigenvalue weighted by atomic mass is 19.1. The van der Waals surface area contributed by atoms with Gasteiger partial charge in [-0.2, -0.15) is 5.10 Å². The lowest BCUT2D eigenvalue weighted by Gasteiger charge is -2.09. The summed E-state index contributed by atoms with van der Waals surface area (Å²) in [6.45, 7) is 1.46. The number of halogens is 1. The minimum absolute atomic E-state index is 0.0693. The molecule has 3 rings (SSSR count). The van der Waals surface area contributed by atoms with Gasteiger partial charge in [0, 0.05) is 29.3 Å². The monoisotopic (exact) mass is 405 g/mol. The number of carbonyl (C=O) groups excluding carboxylic acids is 2. The molecule has 152 valence electrons. The fourth-order valence-electron chi connectivity index (χ4n) is 2.66. The number of anilines is 1. The number of ether oxygens (including phenoxy) is 1. The summed E-state index contributed by atoms with van der Waals surface area (Å²) in [7, 11) is 0. The minimum atomic E-state index is -0.428. The SMILES string of the molecule is CC(=O)Nc1cccc(C(=O)N/N=C\c2ccccc2OCc2ccccc2F)c1. The Labute approximate surface area is 173 Å². The third-order valence-electron chi connectivity index (χ3n) is 4.07. The average molecular weight is 405 g/mol.